The van der Waals surface area contributed by atoms with Crippen LogP contribution in [0.4, 0.5) is 0 Å². The van der Waals surface area contributed by atoms with Gasteiger partial charge in [0.15, 0.2) is 0 Å². The van der Waals surface area contributed by atoms with Crippen molar-refractivity contribution >= 4 is 18.0 Å². The molecular formula is C9H9O4Ta. The molecule has 0 saturated carbocycles. The molecule has 0 aromatic heterocycles. The monoisotopic (exact) mass is 362 g/mol. The Bertz CT molecular complexity index is 300. The summed E-state index contributed by atoms with van der Waals surface area (Å²) in [6.45, 7) is 0. The molecule has 0 amide bonds. The SMILES string of the molecule is O=[CH][Ta]([CH]=O)([CH]=O)([CH]=O)[CH]1C=CC=C1. The first-order valence-electron chi connectivity index (χ1n) is 3.90. The zero-order chi connectivity index (χ0) is 10.7. The summed E-state index contributed by atoms with van der Waals surface area (Å²) < 4.78 is 0.630. The fourth-order valence-corrected chi connectivity index (χ4v) is 7.91. The number of carbonyl (C=O) groups is 4. The van der Waals surface area contributed by atoms with Crippen molar-refractivity contribution in [3.63, 3.8) is 0 Å². The van der Waals surface area contributed by atoms with Gasteiger partial charge in [0.05, 0.1) is 0 Å². The van der Waals surface area contributed by atoms with Gasteiger partial charge in [-0.05, 0) is 0 Å². The molecule has 1 aliphatic rings. The van der Waals surface area contributed by atoms with E-state index in [0.717, 1.165) is 0 Å². The van der Waals surface area contributed by atoms with Gasteiger partial charge in [-0.2, -0.15) is 0 Å². The van der Waals surface area contributed by atoms with Gasteiger partial charge in [-0.15, -0.1) is 0 Å². The van der Waals surface area contributed by atoms with Crippen LogP contribution in [0.2, 0.25) is 4.14 Å². The second-order valence-corrected chi connectivity index (χ2v) is 19.1. The van der Waals surface area contributed by atoms with Crippen LogP contribution in [0.5, 0.6) is 0 Å². The summed E-state index contributed by atoms with van der Waals surface area (Å²) in [5, 5.41) is 0. The van der Waals surface area contributed by atoms with Crippen molar-refractivity contribution < 1.29 is 35.0 Å². The van der Waals surface area contributed by atoms with E-state index in [1.807, 2.05) is 0 Å². The summed E-state index contributed by atoms with van der Waals surface area (Å²) in [4.78, 5) is 43.9. The maximum atomic E-state index is 11.0. The van der Waals surface area contributed by atoms with E-state index in [-0.39, 0.29) is 0 Å². The molecule has 74 valence electrons. The Hall–Kier alpha value is -1.10. The summed E-state index contributed by atoms with van der Waals surface area (Å²) in [7, 11) is 0. The third kappa shape index (κ3) is 1.20. The summed E-state index contributed by atoms with van der Waals surface area (Å²) in [6.07, 6.45) is 6.36. The predicted octanol–water partition coefficient (Wildman–Crippen LogP) is 0.351. The molecule has 0 aromatic carbocycles. The van der Waals surface area contributed by atoms with Crippen LogP contribution in [-0.4, -0.2) is 18.0 Å². The Kier molecular flexibility index (Phi) is 2.80. The second kappa shape index (κ2) is 3.57. The van der Waals surface area contributed by atoms with E-state index >= 15 is 0 Å². The quantitative estimate of drug-likeness (QED) is 0.662. The van der Waals surface area contributed by atoms with Crippen LogP contribution in [0.3, 0.4) is 0 Å². The second-order valence-electron chi connectivity index (χ2n) is 3.17. The summed E-state index contributed by atoms with van der Waals surface area (Å²) >= 11 is -5.19. The molecule has 0 N–H and O–H groups in total. The summed E-state index contributed by atoms with van der Waals surface area (Å²) in [6, 6.07) is 0. The Morgan fingerprint density at radius 1 is 0.786 bits per heavy atom. The molecule has 0 fully saturated rings. The zero-order valence-corrected chi connectivity index (χ0v) is 10.5. The van der Waals surface area contributed by atoms with Crippen LogP contribution in [-0.2, 0) is 35.0 Å². The van der Waals surface area contributed by atoms with Crippen LogP contribution in [0, 0.1) is 0 Å². The first kappa shape index (κ1) is 11.0. The van der Waals surface area contributed by atoms with Gasteiger partial charge in [0.1, 0.15) is 0 Å². The van der Waals surface area contributed by atoms with E-state index in [9.17, 15) is 19.2 Å². The molecular weight excluding hydrogens is 353 g/mol. The van der Waals surface area contributed by atoms with E-state index in [0.29, 0.717) is 18.0 Å². The van der Waals surface area contributed by atoms with Crippen molar-refractivity contribution in [1.29, 1.82) is 0 Å². The molecule has 1 rings (SSSR count). The average molecular weight is 362 g/mol. The topological polar surface area (TPSA) is 68.3 Å². The van der Waals surface area contributed by atoms with E-state index < -0.39 is 20.0 Å². The van der Waals surface area contributed by atoms with E-state index in [4.69, 9.17) is 0 Å². The predicted molar refractivity (Wildman–Crippen MR) is 49.0 cm³/mol. The van der Waals surface area contributed by atoms with Gasteiger partial charge in [-0.3, -0.25) is 0 Å². The fourth-order valence-electron chi connectivity index (χ4n) is 1.25. The van der Waals surface area contributed by atoms with Crippen molar-refractivity contribution in [3.05, 3.63) is 24.3 Å². The minimum absolute atomic E-state index is 0.309. The van der Waals surface area contributed by atoms with Gasteiger partial charge in [-0.1, -0.05) is 0 Å². The average Bonchev–Trinajstić information content (AvgIpc) is 2.78. The number of hydrogen-bond donors (Lipinski definition) is 0. The van der Waals surface area contributed by atoms with Crippen LogP contribution in [0.25, 0.3) is 0 Å². The molecule has 0 aromatic rings. The van der Waals surface area contributed by atoms with Gasteiger partial charge in [0.25, 0.3) is 0 Å². The Morgan fingerprint density at radius 2 is 1.14 bits per heavy atom. The third-order valence-electron chi connectivity index (χ3n) is 2.39. The first-order chi connectivity index (χ1) is 6.67. The number of carbonyl (C=O) groups excluding carboxylic acids is 4. The van der Waals surface area contributed by atoms with Crippen LogP contribution >= 0.6 is 0 Å². The Balaban J connectivity index is 3.40. The van der Waals surface area contributed by atoms with Crippen molar-refractivity contribution in [2.45, 2.75) is 4.14 Å². The van der Waals surface area contributed by atoms with E-state index in [1.54, 1.807) is 24.3 Å². The molecule has 0 bridgehead atoms. The van der Waals surface area contributed by atoms with Crippen molar-refractivity contribution in [3.8, 4) is 0 Å². The minimum atomic E-state index is -5.19. The summed E-state index contributed by atoms with van der Waals surface area (Å²) in [5.74, 6) is 0. The number of hydrogen-bond acceptors (Lipinski definition) is 4. The molecule has 0 spiro atoms. The van der Waals surface area contributed by atoms with Crippen molar-refractivity contribution in [2.75, 3.05) is 0 Å². The molecule has 0 atom stereocenters. The zero-order valence-electron chi connectivity index (χ0n) is 7.28. The van der Waals surface area contributed by atoms with Gasteiger partial charge in [-0.25, -0.2) is 0 Å². The van der Waals surface area contributed by atoms with E-state index in [2.05, 4.69) is 0 Å². The molecule has 0 unspecified atom stereocenters. The molecule has 1 aliphatic carbocycles. The first-order valence-corrected chi connectivity index (χ1v) is 13.2. The third-order valence-corrected chi connectivity index (χ3v) is 15.6. The molecule has 0 radical (unpaired) electrons. The van der Waals surface area contributed by atoms with E-state index in [1.165, 1.54) is 0 Å². The molecule has 5 heteroatoms. The molecule has 0 saturated heterocycles. The fraction of sp³-hybridized carbons (Fsp3) is 0.111. The normalized spacial score (nSPS) is 18.4. The van der Waals surface area contributed by atoms with Crippen LogP contribution in [0.1, 0.15) is 0 Å². The number of allylic oxidation sites excluding steroid dienone is 4. The van der Waals surface area contributed by atoms with Crippen LogP contribution in [0.15, 0.2) is 24.3 Å². The molecule has 4 nitrogen and oxygen atoms in total. The maximum absolute atomic E-state index is 11.0. The Labute approximate surface area is 81.6 Å². The van der Waals surface area contributed by atoms with Crippen LogP contribution < -0.4 is 0 Å². The number of rotatable bonds is 5. The van der Waals surface area contributed by atoms with Gasteiger partial charge >= 0.3 is 81.4 Å². The summed E-state index contributed by atoms with van der Waals surface area (Å²) in [5.41, 5.74) is 0. The van der Waals surface area contributed by atoms with Crippen molar-refractivity contribution in [1.82, 2.24) is 0 Å². The molecule has 14 heavy (non-hydrogen) atoms. The standard InChI is InChI=1S/C5H5.4CHO.Ta/c1-2-4-5-3-1;4*1-2;/h1-5H;4*1H;. The van der Waals surface area contributed by atoms with Gasteiger partial charge in [0, 0.05) is 0 Å². The molecule has 0 heterocycles. The van der Waals surface area contributed by atoms with Gasteiger partial charge in [0.2, 0.25) is 0 Å². The van der Waals surface area contributed by atoms with Crippen molar-refractivity contribution in [2.24, 2.45) is 0 Å². The van der Waals surface area contributed by atoms with Gasteiger partial charge < -0.3 is 0 Å². The molecule has 0 aliphatic heterocycles. The Morgan fingerprint density at radius 3 is 1.43 bits per heavy atom.